The quantitative estimate of drug-likeness (QED) is 0.710. The van der Waals surface area contributed by atoms with Crippen LogP contribution in [0.4, 0.5) is 0 Å². The second kappa shape index (κ2) is 4.24. The Hall–Kier alpha value is -0.860. The smallest absolute Gasteiger partial charge is 0.0684 e. The molecule has 66 valence electrons. The van der Waals surface area contributed by atoms with Crippen molar-refractivity contribution in [2.75, 3.05) is 6.61 Å². The van der Waals surface area contributed by atoms with Crippen LogP contribution in [0.5, 0.6) is 0 Å². The molecule has 0 spiro atoms. The van der Waals surface area contributed by atoms with Crippen molar-refractivity contribution in [1.82, 2.24) is 0 Å². The van der Waals surface area contributed by atoms with Crippen molar-refractivity contribution in [2.24, 2.45) is 0 Å². The highest BCUT2D eigenvalue weighted by Crippen LogP contribution is 2.18. The molecule has 0 aliphatic carbocycles. The second-order valence-corrected chi connectivity index (χ2v) is 2.94. The first-order valence-corrected chi connectivity index (χ1v) is 4.09. The Kier molecular flexibility index (Phi) is 3.26. The second-order valence-electron chi connectivity index (χ2n) is 2.94. The van der Waals surface area contributed by atoms with E-state index >= 15 is 0 Å². The number of hydrogen-bond acceptors (Lipinski definition) is 2. The molecule has 0 radical (unpaired) electrons. The summed E-state index contributed by atoms with van der Waals surface area (Å²) in [5.74, 6) is 0.105. The van der Waals surface area contributed by atoms with Crippen LogP contribution in [0.15, 0.2) is 24.3 Å². The summed E-state index contributed by atoms with van der Waals surface area (Å²) in [5.41, 5.74) is 1.93. The molecule has 1 aromatic carbocycles. The van der Waals surface area contributed by atoms with E-state index in [1.54, 1.807) is 0 Å². The monoisotopic (exact) mass is 166 g/mol. The number of aliphatic hydroxyl groups excluding tert-OH is 2. The van der Waals surface area contributed by atoms with Gasteiger partial charge in [0.1, 0.15) is 0 Å². The lowest BCUT2D eigenvalue weighted by molar-refractivity contribution is 0.263. The van der Waals surface area contributed by atoms with Crippen LogP contribution in [0.25, 0.3) is 0 Å². The molecule has 2 heteroatoms. The third-order valence-electron chi connectivity index (χ3n) is 2.03. The first kappa shape index (κ1) is 9.23. The zero-order chi connectivity index (χ0) is 8.97. The van der Waals surface area contributed by atoms with Crippen LogP contribution in [-0.4, -0.2) is 16.8 Å². The van der Waals surface area contributed by atoms with Crippen molar-refractivity contribution in [3.05, 3.63) is 35.4 Å². The summed E-state index contributed by atoms with van der Waals surface area (Å²) in [5, 5.41) is 17.9. The minimum atomic E-state index is 0.0422. The largest absolute Gasteiger partial charge is 0.396 e. The molecule has 1 atom stereocenters. The Balaban J connectivity index is 2.96. The average molecular weight is 166 g/mol. The maximum Gasteiger partial charge on any atom is 0.0684 e. The Morgan fingerprint density at radius 3 is 2.50 bits per heavy atom. The maximum absolute atomic E-state index is 8.98. The number of aliphatic hydroxyl groups is 2. The normalized spacial score (nSPS) is 12.9. The van der Waals surface area contributed by atoms with Gasteiger partial charge in [0, 0.05) is 12.5 Å². The molecular formula is C10H14O2. The van der Waals surface area contributed by atoms with Crippen LogP contribution in [-0.2, 0) is 6.61 Å². The third kappa shape index (κ3) is 1.84. The molecule has 0 bridgehead atoms. The minimum absolute atomic E-state index is 0.0422. The predicted molar refractivity (Wildman–Crippen MR) is 47.9 cm³/mol. The van der Waals surface area contributed by atoms with Crippen molar-refractivity contribution in [2.45, 2.75) is 19.4 Å². The molecule has 0 aliphatic heterocycles. The molecule has 0 unspecified atom stereocenters. The lowest BCUT2D eigenvalue weighted by Crippen LogP contribution is -2.02. The van der Waals surface area contributed by atoms with Crippen LogP contribution >= 0.6 is 0 Å². The Morgan fingerprint density at radius 1 is 1.25 bits per heavy atom. The fourth-order valence-electron chi connectivity index (χ4n) is 1.26. The van der Waals surface area contributed by atoms with Crippen LogP contribution < -0.4 is 0 Å². The van der Waals surface area contributed by atoms with E-state index in [9.17, 15) is 0 Å². The van der Waals surface area contributed by atoms with E-state index < -0.39 is 0 Å². The molecule has 2 nitrogen and oxygen atoms in total. The van der Waals surface area contributed by atoms with Crippen molar-refractivity contribution >= 4 is 0 Å². The van der Waals surface area contributed by atoms with Crippen LogP contribution in [0.3, 0.4) is 0 Å². The Morgan fingerprint density at radius 2 is 1.92 bits per heavy atom. The van der Waals surface area contributed by atoms with E-state index in [4.69, 9.17) is 10.2 Å². The number of rotatable bonds is 3. The zero-order valence-electron chi connectivity index (χ0n) is 7.20. The molecule has 0 saturated heterocycles. The Bertz CT molecular complexity index is 245. The summed E-state index contributed by atoms with van der Waals surface area (Å²) < 4.78 is 0. The molecule has 0 saturated carbocycles. The van der Waals surface area contributed by atoms with E-state index in [2.05, 4.69) is 0 Å². The SMILES string of the molecule is C[C@H](CO)c1ccccc1CO. The van der Waals surface area contributed by atoms with Crippen molar-refractivity contribution in [1.29, 1.82) is 0 Å². The summed E-state index contributed by atoms with van der Waals surface area (Å²) >= 11 is 0. The first-order valence-electron chi connectivity index (χ1n) is 4.09. The molecule has 12 heavy (non-hydrogen) atoms. The summed E-state index contributed by atoms with van der Waals surface area (Å²) in [4.78, 5) is 0. The van der Waals surface area contributed by atoms with E-state index in [0.717, 1.165) is 11.1 Å². The van der Waals surface area contributed by atoms with Gasteiger partial charge >= 0.3 is 0 Å². The van der Waals surface area contributed by atoms with Gasteiger partial charge in [-0.25, -0.2) is 0 Å². The lowest BCUT2D eigenvalue weighted by atomic mass is 9.97. The highest BCUT2D eigenvalue weighted by atomic mass is 16.3. The average Bonchev–Trinajstić information content (AvgIpc) is 2.16. The van der Waals surface area contributed by atoms with Crippen molar-refractivity contribution in [3.8, 4) is 0 Å². The molecule has 0 aliphatic rings. The zero-order valence-corrected chi connectivity index (χ0v) is 7.20. The van der Waals surface area contributed by atoms with E-state index in [1.165, 1.54) is 0 Å². The van der Waals surface area contributed by atoms with E-state index in [-0.39, 0.29) is 19.1 Å². The van der Waals surface area contributed by atoms with E-state index in [1.807, 2.05) is 31.2 Å². The first-order chi connectivity index (χ1) is 5.79. The van der Waals surface area contributed by atoms with Crippen LogP contribution in [0, 0.1) is 0 Å². The minimum Gasteiger partial charge on any atom is -0.396 e. The predicted octanol–water partition coefficient (Wildman–Crippen LogP) is 1.27. The Labute approximate surface area is 72.5 Å². The van der Waals surface area contributed by atoms with Crippen molar-refractivity contribution < 1.29 is 10.2 Å². The van der Waals surface area contributed by atoms with Gasteiger partial charge in [-0.2, -0.15) is 0 Å². The molecule has 0 fully saturated rings. The molecule has 0 aromatic heterocycles. The molecule has 1 rings (SSSR count). The highest BCUT2D eigenvalue weighted by molar-refractivity contribution is 5.29. The number of benzene rings is 1. The van der Waals surface area contributed by atoms with Crippen LogP contribution in [0.2, 0.25) is 0 Å². The van der Waals surface area contributed by atoms with Gasteiger partial charge in [0.15, 0.2) is 0 Å². The van der Waals surface area contributed by atoms with Gasteiger partial charge < -0.3 is 10.2 Å². The molecule has 0 amide bonds. The van der Waals surface area contributed by atoms with E-state index in [0.29, 0.717) is 0 Å². The summed E-state index contributed by atoms with van der Waals surface area (Å²) in [7, 11) is 0. The standard InChI is InChI=1S/C10H14O2/c1-8(6-11)10-5-3-2-4-9(10)7-12/h2-5,8,11-12H,6-7H2,1H3/t8-/m1/s1. The lowest BCUT2D eigenvalue weighted by Gasteiger charge is -2.11. The molecular weight excluding hydrogens is 152 g/mol. The van der Waals surface area contributed by atoms with Gasteiger partial charge in [0.2, 0.25) is 0 Å². The molecule has 0 heterocycles. The van der Waals surface area contributed by atoms with Crippen molar-refractivity contribution in [3.63, 3.8) is 0 Å². The van der Waals surface area contributed by atoms with Gasteiger partial charge in [-0.1, -0.05) is 31.2 Å². The topological polar surface area (TPSA) is 40.5 Å². The van der Waals surface area contributed by atoms with Gasteiger partial charge in [-0.15, -0.1) is 0 Å². The third-order valence-corrected chi connectivity index (χ3v) is 2.03. The van der Waals surface area contributed by atoms with Gasteiger partial charge in [-0.3, -0.25) is 0 Å². The van der Waals surface area contributed by atoms with Gasteiger partial charge in [0.25, 0.3) is 0 Å². The highest BCUT2D eigenvalue weighted by Gasteiger charge is 2.07. The molecule has 2 N–H and O–H groups in total. The fraction of sp³-hybridized carbons (Fsp3) is 0.400. The van der Waals surface area contributed by atoms with Gasteiger partial charge in [0.05, 0.1) is 6.61 Å². The fourth-order valence-corrected chi connectivity index (χ4v) is 1.26. The summed E-state index contributed by atoms with van der Waals surface area (Å²) in [6, 6.07) is 7.62. The molecule has 1 aromatic rings. The summed E-state index contributed by atoms with van der Waals surface area (Å²) in [6.45, 7) is 2.10. The summed E-state index contributed by atoms with van der Waals surface area (Å²) in [6.07, 6.45) is 0. The van der Waals surface area contributed by atoms with Gasteiger partial charge in [-0.05, 0) is 11.1 Å². The number of hydrogen-bond donors (Lipinski definition) is 2. The van der Waals surface area contributed by atoms with Crippen LogP contribution in [0.1, 0.15) is 24.0 Å². The maximum atomic E-state index is 8.98.